The highest BCUT2D eigenvalue weighted by Crippen LogP contribution is 2.32. The van der Waals surface area contributed by atoms with E-state index in [4.69, 9.17) is 9.97 Å². The third kappa shape index (κ3) is 4.98. The van der Waals surface area contributed by atoms with Crippen molar-refractivity contribution in [2.24, 2.45) is 0 Å². The summed E-state index contributed by atoms with van der Waals surface area (Å²) in [6, 6.07) is 11.8. The van der Waals surface area contributed by atoms with Gasteiger partial charge in [-0.2, -0.15) is 9.97 Å². The first kappa shape index (κ1) is 21.8. The zero-order valence-electron chi connectivity index (χ0n) is 19.2. The molecule has 174 valence electrons. The second-order valence-corrected chi connectivity index (χ2v) is 8.61. The number of carbonyl (C=O) groups is 1. The van der Waals surface area contributed by atoms with Gasteiger partial charge < -0.3 is 20.5 Å². The third-order valence-electron chi connectivity index (χ3n) is 6.03. The highest BCUT2D eigenvalue weighted by Gasteiger charge is 2.21. The summed E-state index contributed by atoms with van der Waals surface area (Å²) in [6.07, 6.45) is 11.5. The van der Waals surface area contributed by atoms with Crippen LogP contribution in [0.15, 0.2) is 55.1 Å². The summed E-state index contributed by atoms with van der Waals surface area (Å²) in [5.41, 5.74) is 4.21. The van der Waals surface area contributed by atoms with Crippen LogP contribution in [0.25, 0.3) is 11.2 Å². The van der Waals surface area contributed by atoms with Gasteiger partial charge in [0.15, 0.2) is 17.0 Å². The Hall–Kier alpha value is -4.01. The van der Waals surface area contributed by atoms with E-state index in [9.17, 15) is 4.79 Å². The Morgan fingerprint density at radius 1 is 1.06 bits per heavy atom. The van der Waals surface area contributed by atoms with E-state index < -0.39 is 0 Å². The van der Waals surface area contributed by atoms with Crippen molar-refractivity contribution in [1.82, 2.24) is 24.5 Å². The number of hydrogen-bond acceptors (Lipinski definition) is 7. The van der Waals surface area contributed by atoms with Gasteiger partial charge in [0.1, 0.15) is 0 Å². The monoisotopic (exact) mass is 456 g/mol. The lowest BCUT2D eigenvalue weighted by atomic mass is 9.95. The molecule has 3 aromatic heterocycles. The Labute approximate surface area is 198 Å². The van der Waals surface area contributed by atoms with Crippen LogP contribution >= 0.6 is 0 Å². The number of benzene rings is 1. The second kappa shape index (κ2) is 9.86. The molecular weight excluding hydrogens is 428 g/mol. The van der Waals surface area contributed by atoms with Gasteiger partial charge in [0.25, 0.3) is 0 Å². The van der Waals surface area contributed by atoms with Gasteiger partial charge in [0.05, 0.1) is 6.33 Å². The van der Waals surface area contributed by atoms with E-state index in [0.29, 0.717) is 24.4 Å². The molecule has 1 amide bonds. The fourth-order valence-corrected chi connectivity index (χ4v) is 4.37. The minimum atomic E-state index is -0.101. The maximum absolute atomic E-state index is 11.3. The molecule has 0 bridgehead atoms. The van der Waals surface area contributed by atoms with E-state index in [0.717, 1.165) is 40.9 Å². The maximum atomic E-state index is 11.3. The van der Waals surface area contributed by atoms with E-state index in [-0.39, 0.29) is 5.91 Å². The van der Waals surface area contributed by atoms with Crippen LogP contribution < -0.4 is 16.0 Å². The van der Waals surface area contributed by atoms with E-state index in [1.807, 2.05) is 48.9 Å². The van der Waals surface area contributed by atoms with Gasteiger partial charge in [0, 0.05) is 43.3 Å². The SMILES string of the molecule is CC(=O)Nc1ccc(Nc2nc(NCc3cccnc3)nc3c2ncn3C2CCCCC2)cc1. The van der Waals surface area contributed by atoms with Gasteiger partial charge >= 0.3 is 0 Å². The summed E-state index contributed by atoms with van der Waals surface area (Å²) in [5, 5.41) is 9.51. The van der Waals surface area contributed by atoms with Crippen LogP contribution in [-0.4, -0.2) is 30.4 Å². The number of aromatic nitrogens is 5. The summed E-state index contributed by atoms with van der Waals surface area (Å²) in [6.45, 7) is 2.06. The highest BCUT2D eigenvalue weighted by atomic mass is 16.1. The predicted octanol–water partition coefficient (Wildman–Crippen LogP) is 5.04. The summed E-state index contributed by atoms with van der Waals surface area (Å²) >= 11 is 0. The molecule has 3 heterocycles. The van der Waals surface area contributed by atoms with Crippen molar-refractivity contribution in [1.29, 1.82) is 0 Å². The van der Waals surface area contributed by atoms with Crippen LogP contribution in [0.3, 0.4) is 0 Å². The lowest BCUT2D eigenvalue weighted by Gasteiger charge is -2.23. The topological polar surface area (TPSA) is 110 Å². The molecule has 1 saturated carbocycles. The van der Waals surface area contributed by atoms with Crippen molar-refractivity contribution < 1.29 is 4.79 Å². The van der Waals surface area contributed by atoms with Crippen molar-refractivity contribution in [3.8, 4) is 0 Å². The fraction of sp³-hybridized carbons (Fsp3) is 0.320. The average Bonchev–Trinajstić information content (AvgIpc) is 3.29. The number of anilines is 4. The molecule has 0 unspecified atom stereocenters. The van der Waals surface area contributed by atoms with E-state index >= 15 is 0 Å². The van der Waals surface area contributed by atoms with Crippen molar-refractivity contribution in [3.05, 3.63) is 60.7 Å². The normalized spacial score (nSPS) is 14.1. The minimum Gasteiger partial charge on any atom is -0.350 e. The number of fused-ring (bicyclic) bond motifs is 1. The molecule has 5 rings (SSSR count). The molecule has 0 spiro atoms. The van der Waals surface area contributed by atoms with Crippen LogP contribution in [-0.2, 0) is 11.3 Å². The van der Waals surface area contributed by atoms with Gasteiger partial charge in [-0.25, -0.2) is 4.98 Å². The molecule has 0 saturated heterocycles. The number of nitrogens with zero attached hydrogens (tertiary/aromatic N) is 5. The summed E-state index contributed by atoms with van der Waals surface area (Å²) in [5.74, 6) is 1.07. The zero-order chi connectivity index (χ0) is 23.3. The summed E-state index contributed by atoms with van der Waals surface area (Å²) in [4.78, 5) is 29.8. The smallest absolute Gasteiger partial charge is 0.227 e. The Morgan fingerprint density at radius 2 is 1.85 bits per heavy atom. The number of hydrogen-bond donors (Lipinski definition) is 3. The summed E-state index contributed by atoms with van der Waals surface area (Å²) < 4.78 is 2.20. The minimum absolute atomic E-state index is 0.101. The molecule has 0 aliphatic heterocycles. The van der Waals surface area contributed by atoms with E-state index in [2.05, 4.69) is 30.5 Å². The largest absolute Gasteiger partial charge is 0.350 e. The molecule has 1 fully saturated rings. The predicted molar refractivity (Wildman–Crippen MR) is 133 cm³/mol. The fourth-order valence-electron chi connectivity index (χ4n) is 4.37. The van der Waals surface area contributed by atoms with E-state index in [1.54, 1.807) is 6.20 Å². The second-order valence-electron chi connectivity index (χ2n) is 8.61. The molecule has 4 aromatic rings. The van der Waals surface area contributed by atoms with Crippen molar-refractivity contribution >= 4 is 40.2 Å². The zero-order valence-corrected chi connectivity index (χ0v) is 19.2. The quantitative estimate of drug-likeness (QED) is 0.357. The number of amides is 1. The summed E-state index contributed by atoms with van der Waals surface area (Å²) in [7, 11) is 0. The van der Waals surface area contributed by atoms with Gasteiger partial charge in [-0.1, -0.05) is 25.3 Å². The molecule has 34 heavy (non-hydrogen) atoms. The van der Waals surface area contributed by atoms with Crippen LogP contribution in [0, 0.1) is 0 Å². The van der Waals surface area contributed by atoms with Gasteiger partial charge in [0.2, 0.25) is 11.9 Å². The molecule has 9 heteroatoms. The number of pyridine rings is 1. The lowest BCUT2D eigenvalue weighted by molar-refractivity contribution is -0.114. The van der Waals surface area contributed by atoms with Gasteiger partial charge in [-0.15, -0.1) is 0 Å². The van der Waals surface area contributed by atoms with Gasteiger partial charge in [-0.3, -0.25) is 9.78 Å². The van der Waals surface area contributed by atoms with Gasteiger partial charge in [-0.05, 0) is 48.7 Å². The number of carbonyl (C=O) groups excluding carboxylic acids is 1. The van der Waals surface area contributed by atoms with Crippen molar-refractivity contribution in [2.45, 2.75) is 51.6 Å². The molecule has 1 aliphatic carbocycles. The van der Waals surface area contributed by atoms with Crippen molar-refractivity contribution in [2.75, 3.05) is 16.0 Å². The lowest BCUT2D eigenvalue weighted by Crippen LogP contribution is -2.13. The first-order valence-corrected chi connectivity index (χ1v) is 11.7. The molecule has 1 aliphatic rings. The standard InChI is InChI=1S/C25H28N8O/c1-17(34)29-19-9-11-20(12-10-19)30-23-22-24(33(16-28-22)21-7-3-2-4-8-21)32-25(31-23)27-15-18-6-5-13-26-14-18/h5-6,9-14,16,21H,2-4,7-8,15H2,1H3,(H,29,34)(H2,27,30,31,32). The Morgan fingerprint density at radius 3 is 2.59 bits per heavy atom. The van der Waals surface area contributed by atoms with Crippen LogP contribution in [0.4, 0.5) is 23.1 Å². The molecular formula is C25H28N8O. The number of rotatable bonds is 7. The van der Waals surface area contributed by atoms with Crippen LogP contribution in [0.2, 0.25) is 0 Å². The molecule has 9 nitrogen and oxygen atoms in total. The van der Waals surface area contributed by atoms with Crippen LogP contribution in [0.1, 0.15) is 50.6 Å². The first-order chi connectivity index (χ1) is 16.7. The van der Waals surface area contributed by atoms with Crippen LogP contribution in [0.5, 0.6) is 0 Å². The Balaban J connectivity index is 1.47. The molecule has 3 N–H and O–H groups in total. The first-order valence-electron chi connectivity index (χ1n) is 11.7. The molecule has 0 atom stereocenters. The third-order valence-corrected chi connectivity index (χ3v) is 6.03. The van der Waals surface area contributed by atoms with E-state index in [1.165, 1.54) is 26.2 Å². The Bertz CT molecular complexity index is 1260. The average molecular weight is 457 g/mol. The number of nitrogens with one attached hydrogen (secondary N) is 3. The molecule has 1 aromatic carbocycles. The number of imidazole rings is 1. The Kier molecular flexibility index (Phi) is 6.33. The maximum Gasteiger partial charge on any atom is 0.227 e. The van der Waals surface area contributed by atoms with Crippen molar-refractivity contribution in [3.63, 3.8) is 0 Å². The highest BCUT2D eigenvalue weighted by molar-refractivity contribution is 5.89. The molecule has 0 radical (unpaired) electrons.